The smallest absolute Gasteiger partial charge is 0.355 e. The third kappa shape index (κ3) is 4.01. The van der Waals surface area contributed by atoms with Gasteiger partial charge in [-0.3, -0.25) is 4.79 Å². The summed E-state index contributed by atoms with van der Waals surface area (Å²) in [6.07, 6.45) is 0. The highest BCUT2D eigenvalue weighted by Crippen LogP contribution is 2.28. The maximum atomic E-state index is 11.0. The number of ether oxygens (including phenoxy) is 1. The number of nitrogens with one attached hydrogen (secondary N) is 1. The van der Waals surface area contributed by atoms with Crippen LogP contribution in [0.15, 0.2) is 29.1 Å². The number of carbonyl (C=O) groups excluding carboxylic acids is 1. The van der Waals surface area contributed by atoms with Crippen molar-refractivity contribution in [2.45, 2.75) is 6.54 Å². The molecule has 2 aromatic rings. The second-order valence-corrected chi connectivity index (χ2v) is 4.77. The van der Waals surface area contributed by atoms with Crippen LogP contribution in [0.1, 0.15) is 16.1 Å². The second kappa shape index (κ2) is 6.82. The van der Waals surface area contributed by atoms with Gasteiger partial charge in [0.25, 0.3) is 5.91 Å². The average Bonchev–Trinajstić information content (AvgIpc) is 3.01. The summed E-state index contributed by atoms with van der Waals surface area (Å²) in [6.45, 7) is 0.554. The van der Waals surface area contributed by atoms with Crippen molar-refractivity contribution >= 4 is 28.9 Å². The van der Waals surface area contributed by atoms with Crippen LogP contribution in [-0.2, 0) is 11.3 Å². The molecule has 4 N–H and O–H groups in total. The van der Waals surface area contributed by atoms with E-state index in [4.69, 9.17) is 15.6 Å². The van der Waals surface area contributed by atoms with Crippen LogP contribution >= 0.6 is 11.3 Å². The van der Waals surface area contributed by atoms with Crippen molar-refractivity contribution in [1.82, 2.24) is 4.98 Å². The number of fused-ring (bicyclic) bond motifs is 1. The first-order valence-electron chi connectivity index (χ1n) is 5.97. The van der Waals surface area contributed by atoms with E-state index in [2.05, 4.69) is 10.3 Å². The quantitative estimate of drug-likeness (QED) is 0.771. The van der Waals surface area contributed by atoms with Crippen LogP contribution in [0.2, 0.25) is 0 Å². The molecule has 0 saturated heterocycles. The van der Waals surface area contributed by atoms with Crippen LogP contribution in [-0.4, -0.2) is 28.6 Å². The zero-order chi connectivity index (χ0) is 15.2. The SMILES string of the molecule is NCc1ccc2c(c1)NC(=O)CO2.O=C(O)c1cscn1. The number of aromatic nitrogens is 1. The standard InChI is InChI=1S/C9H10N2O2.C4H3NO2S/c10-4-6-1-2-8-7(3-6)11-9(12)5-13-8;6-4(7)3-1-8-2-5-3/h1-3H,4-5,10H2,(H,11,12);1-2H,(H,6,7). The Morgan fingerprint density at radius 1 is 1.52 bits per heavy atom. The van der Waals surface area contributed by atoms with E-state index in [-0.39, 0.29) is 18.2 Å². The van der Waals surface area contributed by atoms with Crippen LogP contribution in [0.25, 0.3) is 0 Å². The largest absolute Gasteiger partial charge is 0.482 e. The lowest BCUT2D eigenvalue weighted by Crippen LogP contribution is -2.25. The van der Waals surface area contributed by atoms with Crippen LogP contribution in [0, 0.1) is 0 Å². The lowest BCUT2D eigenvalue weighted by atomic mass is 10.1. The number of benzene rings is 1. The average molecular weight is 307 g/mol. The lowest BCUT2D eigenvalue weighted by Gasteiger charge is -2.18. The monoisotopic (exact) mass is 307 g/mol. The highest BCUT2D eigenvalue weighted by atomic mass is 32.1. The Kier molecular flexibility index (Phi) is 4.85. The summed E-state index contributed by atoms with van der Waals surface area (Å²) in [7, 11) is 0. The van der Waals surface area contributed by atoms with Crippen molar-refractivity contribution in [2.24, 2.45) is 5.73 Å². The minimum absolute atomic E-state index is 0.0922. The Bertz CT molecular complexity index is 643. The van der Waals surface area contributed by atoms with Gasteiger partial charge in [-0.05, 0) is 17.7 Å². The first-order chi connectivity index (χ1) is 10.1. The van der Waals surface area contributed by atoms with Crippen LogP contribution < -0.4 is 15.8 Å². The van der Waals surface area contributed by atoms with E-state index in [1.54, 1.807) is 0 Å². The predicted molar refractivity (Wildman–Crippen MR) is 77.5 cm³/mol. The molecule has 1 amide bonds. The van der Waals surface area contributed by atoms with E-state index in [0.717, 1.165) is 5.56 Å². The number of carboxylic acid groups (broad SMARTS) is 1. The van der Waals surface area contributed by atoms with Gasteiger partial charge in [0.1, 0.15) is 5.75 Å². The summed E-state index contributed by atoms with van der Waals surface area (Å²) < 4.78 is 5.18. The van der Waals surface area contributed by atoms with Crippen molar-refractivity contribution in [3.8, 4) is 5.75 Å². The van der Waals surface area contributed by atoms with Crippen molar-refractivity contribution in [1.29, 1.82) is 0 Å². The molecular weight excluding hydrogens is 294 g/mol. The molecule has 21 heavy (non-hydrogen) atoms. The van der Waals surface area contributed by atoms with E-state index < -0.39 is 5.97 Å². The number of aromatic carboxylic acids is 1. The van der Waals surface area contributed by atoms with Crippen molar-refractivity contribution in [2.75, 3.05) is 11.9 Å². The van der Waals surface area contributed by atoms with Gasteiger partial charge in [0.05, 0.1) is 11.2 Å². The predicted octanol–water partition coefficient (Wildman–Crippen LogP) is 1.32. The maximum absolute atomic E-state index is 11.0. The summed E-state index contributed by atoms with van der Waals surface area (Å²) >= 11 is 1.28. The third-order valence-electron chi connectivity index (χ3n) is 2.56. The number of thiazole rings is 1. The first kappa shape index (κ1) is 14.9. The summed E-state index contributed by atoms with van der Waals surface area (Å²) in [5, 5.41) is 12.4. The number of nitrogens with zero attached hydrogens (tertiary/aromatic N) is 1. The van der Waals surface area contributed by atoms with Crippen molar-refractivity contribution in [3.05, 3.63) is 40.3 Å². The van der Waals surface area contributed by atoms with Crippen LogP contribution in [0.5, 0.6) is 5.75 Å². The molecule has 1 aliphatic rings. The Balaban J connectivity index is 0.000000173. The van der Waals surface area contributed by atoms with Crippen molar-refractivity contribution in [3.63, 3.8) is 0 Å². The maximum Gasteiger partial charge on any atom is 0.355 e. The molecule has 1 aromatic carbocycles. The van der Waals surface area contributed by atoms with Gasteiger partial charge in [-0.25, -0.2) is 9.78 Å². The van der Waals surface area contributed by atoms with E-state index in [1.165, 1.54) is 22.2 Å². The van der Waals surface area contributed by atoms with Crippen LogP contribution in [0.3, 0.4) is 0 Å². The second-order valence-electron chi connectivity index (χ2n) is 4.05. The molecular formula is C13H13N3O4S. The Labute approximate surface area is 124 Å². The molecule has 0 aliphatic carbocycles. The number of hydrogen-bond acceptors (Lipinski definition) is 6. The summed E-state index contributed by atoms with van der Waals surface area (Å²) in [5.74, 6) is -0.385. The molecule has 0 radical (unpaired) electrons. The number of rotatable bonds is 2. The molecule has 0 fully saturated rings. The molecule has 0 unspecified atom stereocenters. The summed E-state index contributed by atoms with van der Waals surface area (Å²) in [6, 6.07) is 5.53. The lowest BCUT2D eigenvalue weighted by molar-refractivity contribution is -0.118. The number of nitrogens with two attached hydrogens (primary N) is 1. The number of hydrogen-bond donors (Lipinski definition) is 3. The molecule has 0 bridgehead atoms. The normalized spacial score (nSPS) is 12.3. The van der Waals surface area contributed by atoms with Gasteiger partial charge in [-0.1, -0.05) is 6.07 Å². The van der Waals surface area contributed by atoms with Gasteiger partial charge in [-0.15, -0.1) is 11.3 Å². The first-order valence-corrected chi connectivity index (χ1v) is 6.91. The van der Waals surface area contributed by atoms with E-state index in [0.29, 0.717) is 18.0 Å². The highest BCUT2D eigenvalue weighted by Gasteiger charge is 2.15. The Hall–Kier alpha value is -2.45. The topological polar surface area (TPSA) is 115 Å². The van der Waals surface area contributed by atoms with E-state index >= 15 is 0 Å². The summed E-state index contributed by atoms with van der Waals surface area (Å²) in [4.78, 5) is 24.5. The molecule has 8 heteroatoms. The van der Waals surface area contributed by atoms with E-state index in [1.807, 2.05) is 18.2 Å². The number of carbonyl (C=O) groups is 2. The fourth-order valence-corrected chi connectivity index (χ4v) is 2.10. The zero-order valence-corrected chi connectivity index (χ0v) is 11.7. The Morgan fingerprint density at radius 2 is 2.33 bits per heavy atom. The third-order valence-corrected chi connectivity index (χ3v) is 3.15. The molecule has 2 heterocycles. The molecule has 0 saturated carbocycles. The van der Waals surface area contributed by atoms with Gasteiger partial charge < -0.3 is 20.9 Å². The molecule has 0 spiro atoms. The van der Waals surface area contributed by atoms with Gasteiger partial charge in [0.2, 0.25) is 0 Å². The van der Waals surface area contributed by atoms with Gasteiger partial charge in [0.15, 0.2) is 12.3 Å². The molecule has 110 valence electrons. The minimum Gasteiger partial charge on any atom is -0.482 e. The molecule has 0 atom stereocenters. The van der Waals surface area contributed by atoms with E-state index in [9.17, 15) is 9.59 Å². The van der Waals surface area contributed by atoms with Gasteiger partial charge in [-0.2, -0.15) is 0 Å². The highest BCUT2D eigenvalue weighted by molar-refractivity contribution is 7.07. The molecule has 1 aliphatic heterocycles. The zero-order valence-electron chi connectivity index (χ0n) is 10.9. The Morgan fingerprint density at radius 3 is 2.90 bits per heavy atom. The van der Waals surface area contributed by atoms with Gasteiger partial charge in [0, 0.05) is 11.9 Å². The number of anilines is 1. The number of carboxylic acids is 1. The molecule has 7 nitrogen and oxygen atoms in total. The molecule has 1 aromatic heterocycles. The fraction of sp³-hybridized carbons (Fsp3) is 0.154. The van der Waals surface area contributed by atoms with Crippen molar-refractivity contribution < 1.29 is 19.4 Å². The summed E-state index contributed by atoms with van der Waals surface area (Å²) in [5.41, 5.74) is 8.76. The van der Waals surface area contributed by atoms with Gasteiger partial charge >= 0.3 is 5.97 Å². The minimum atomic E-state index is -0.966. The van der Waals surface area contributed by atoms with Crippen LogP contribution in [0.4, 0.5) is 5.69 Å². The number of amides is 1. The fourth-order valence-electron chi connectivity index (χ4n) is 1.58. The molecule has 3 rings (SSSR count).